The van der Waals surface area contributed by atoms with Gasteiger partial charge in [0.25, 0.3) is 5.56 Å². The second-order valence-electron chi connectivity index (χ2n) is 4.18. The summed E-state index contributed by atoms with van der Waals surface area (Å²) < 4.78 is 0. The van der Waals surface area contributed by atoms with E-state index in [1.54, 1.807) is 6.07 Å². The molecule has 1 aromatic heterocycles. The highest BCUT2D eigenvalue weighted by Crippen LogP contribution is 2.26. The molecule has 1 fully saturated rings. The maximum atomic E-state index is 11.1. The van der Waals surface area contributed by atoms with Crippen molar-refractivity contribution < 1.29 is 0 Å². The number of nitrogens with zero attached hydrogens (tertiary/aromatic N) is 2. The van der Waals surface area contributed by atoms with Crippen molar-refractivity contribution in [2.45, 2.75) is 25.7 Å². The molecular formula is C11H16ClN3O. The first-order chi connectivity index (χ1) is 7.70. The molecule has 0 aliphatic carbocycles. The SMILES string of the molecule is CCN1CCC(c2cc(Cl)c(=O)[nH]n2)CC1. The lowest BCUT2D eigenvalue weighted by atomic mass is 9.93. The Morgan fingerprint density at radius 3 is 2.81 bits per heavy atom. The largest absolute Gasteiger partial charge is 0.304 e. The molecule has 0 unspecified atom stereocenters. The van der Waals surface area contributed by atoms with Crippen LogP contribution in [0, 0.1) is 0 Å². The van der Waals surface area contributed by atoms with E-state index in [0.29, 0.717) is 5.92 Å². The van der Waals surface area contributed by atoms with Crippen molar-refractivity contribution in [1.82, 2.24) is 15.1 Å². The molecule has 0 bridgehead atoms. The van der Waals surface area contributed by atoms with E-state index in [9.17, 15) is 4.79 Å². The van der Waals surface area contributed by atoms with Crippen molar-refractivity contribution in [3.63, 3.8) is 0 Å². The lowest BCUT2D eigenvalue weighted by molar-refractivity contribution is 0.220. The van der Waals surface area contributed by atoms with Gasteiger partial charge in [0.2, 0.25) is 0 Å². The van der Waals surface area contributed by atoms with Gasteiger partial charge in [-0.25, -0.2) is 5.10 Å². The summed E-state index contributed by atoms with van der Waals surface area (Å²) in [5.74, 6) is 0.428. The van der Waals surface area contributed by atoms with Crippen molar-refractivity contribution >= 4 is 11.6 Å². The van der Waals surface area contributed by atoms with Gasteiger partial charge in [-0.1, -0.05) is 18.5 Å². The van der Waals surface area contributed by atoms with E-state index in [4.69, 9.17) is 11.6 Å². The molecule has 16 heavy (non-hydrogen) atoms. The minimum atomic E-state index is -0.309. The fourth-order valence-electron chi connectivity index (χ4n) is 2.15. The van der Waals surface area contributed by atoms with Crippen LogP contribution < -0.4 is 5.56 Å². The summed E-state index contributed by atoms with van der Waals surface area (Å²) in [7, 11) is 0. The molecule has 1 saturated heterocycles. The number of aromatic nitrogens is 2. The zero-order valence-corrected chi connectivity index (χ0v) is 10.1. The van der Waals surface area contributed by atoms with E-state index in [1.165, 1.54) is 0 Å². The molecule has 0 saturated carbocycles. The number of nitrogens with one attached hydrogen (secondary N) is 1. The van der Waals surface area contributed by atoms with E-state index in [0.717, 1.165) is 38.2 Å². The normalized spacial score (nSPS) is 18.9. The molecule has 0 aromatic carbocycles. The first kappa shape index (κ1) is 11.6. The van der Waals surface area contributed by atoms with Gasteiger partial charge in [-0.15, -0.1) is 0 Å². The molecule has 1 aromatic rings. The first-order valence-corrected chi connectivity index (χ1v) is 6.06. The monoisotopic (exact) mass is 241 g/mol. The van der Waals surface area contributed by atoms with Gasteiger partial charge >= 0.3 is 0 Å². The summed E-state index contributed by atoms with van der Waals surface area (Å²) in [4.78, 5) is 13.5. The number of halogens is 1. The maximum Gasteiger partial charge on any atom is 0.282 e. The smallest absolute Gasteiger partial charge is 0.282 e. The van der Waals surface area contributed by atoms with Crippen LogP contribution in [0.2, 0.25) is 5.02 Å². The average Bonchev–Trinajstić information content (AvgIpc) is 2.33. The topological polar surface area (TPSA) is 49.0 Å². The number of likely N-dealkylation sites (tertiary alicyclic amines) is 1. The standard InChI is InChI=1S/C11H16ClN3O/c1-2-15-5-3-8(4-6-15)10-7-9(12)11(16)14-13-10/h7-8H,2-6H2,1H3,(H,14,16). The van der Waals surface area contributed by atoms with Crippen LogP contribution in [0.3, 0.4) is 0 Å². The Morgan fingerprint density at radius 1 is 1.56 bits per heavy atom. The Labute approximate surface area is 99.6 Å². The summed E-state index contributed by atoms with van der Waals surface area (Å²) in [6.07, 6.45) is 2.17. The van der Waals surface area contributed by atoms with E-state index in [1.807, 2.05) is 0 Å². The third-order valence-corrected chi connectivity index (χ3v) is 3.51. The number of rotatable bonds is 2. The van der Waals surface area contributed by atoms with Crippen molar-refractivity contribution in [3.05, 3.63) is 27.1 Å². The Balaban J connectivity index is 2.08. The summed E-state index contributed by atoms with van der Waals surface area (Å²) in [5, 5.41) is 6.75. The Kier molecular flexibility index (Phi) is 3.61. The molecule has 5 heteroatoms. The van der Waals surface area contributed by atoms with Crippen molar-refractivity contribution in [1.29, 1.82) is 0 Å². The van der Waals surface area contributed by atoms with Crippen LogP contribution in [0.1, 0.15) is 31.4 Å². The molecule has 1 aliphatic rings. The zero-order valence-electron chi connectivity index (χ0n) is 9.37. The molecule has 0 radical (unpaired) electrons. The van der Waals surface area contributed by atoms with Crippen molar-refractivity contribution in [2.24, 2.45) is 0 Å². The summed E-state index contributed by atoms with van der Waals surface area (Å²) in [6.45, 7) is 5.47. The van der Waals surface area contributed by atoms with Gasteiger partial charge in [-0.2, -0.15) is 5.10 Å². The predicted octanol–water partition coefficient (Wildman–Crippen LogP) is 1.62. The number of piperidine rings is 1. The second kappa shape index (κ2) is 4.97. The Hall–Kier alpha value is -0.870. The number of H-pyrrole nitrogens is 1. The molecule has 1 aliphatic heterocycles. The minimum Gasteiger partial charge on any atom is -0.304 e. The maximum absolute atomic E-state index is 11.1. The fraction of sp³-hybridized carbons (Fsp3) is 0.636. The van der Waals surface area contributed by atoms with E-state index in [2.05, 4.69) is 22.0 Å². The van der Waals surface area contributed by atoms with Crippen LogP contribution >= 0.6 is 11.6 Å². The lowest BCUT2D eigenvalue weighted by Gasteiger charge is -2.30. The Bertz CT molecular complexity index is 410. The van der Waals surface area contributed by atoms with E-state index < -0.39 is 0 Å². The van der Waals surface area contributed by atoms with Gasteiger partial charge in [-0.05, 0) is 38.5 Å². The van der Waals surface area contributed by atoms with Crippen molar-refractivity contribution in [2.75, 3.05) is 19.6 Å². The zero-order chi connectivity index (χ0) is 11.5. The third kappa shape index (κ3) is 2.44. The Morgan fingerprint density at radius 2 is 2.25 bits per heavy atom. The van der Waals surface area contributed by atoms with Gasteiger partial charge in [0, 0.05) is 5.92 Å². The van der Waals surface area contributed by atoms with Crippen LogP contribution in [0.25, 0.3) is 0 Å². The predicted molar refractivity (Wildman–Crippen MR) is 64.0 cm³/mol. The van der Waals surface area contributed by atoms with Crippen LogP contribution in [0.4, 0.5) is 0 Å². The highest BCUT2D eigenvalue weighted by atomic mass is 35.5. The van der Waals surface area contributed by atoms with Crippen LogP contribution in [0.15, 0.2) is 10.9 Å². The van der Waals surface area contributed by atoms with Crippen LogP contribution in [-0.2, 0) is 0 Å². The summed E-state index contributed by atoms with van der Waals surface area (Å²) in [5.41, 5.74) is 0.608. The van der Waals surface area contributed by atoms with Crippen LogP contribution in [0.5, 0.6) is 0 Å². The number of aromatic amines is 1. The van der Waals surface area contributed by atoms with Gasteiger partial charge < -0.3 is 4.90 Å². The van der Waals surface area contributed by atoms with Crippen LogP contribution in [-0.4, -0.2) is 34.7 Å². The van der Waals surface area contributed by atoms with Gasteiger partial charge in [0.1, 0.15) is 5.02 Å². The van der Waals surface area contributed by atoms with Gasteiger partial charge in [-0.3, -0.25) is 4.79 Å². The molecule has 0 spiro atoms. The third-order valence-electron chi connectivity index (χ3n) is 3.23. The molecule has 0 amide bonds. The van der Waals surface area contributed by atoms with E-state index >= 15 is 0 Å². The summed E-state index contributed by atoms with van der Waals surface area (Å²) >= 11 is 5.79. The lowest BCUT2D eigenvalue weighted by Crippen LogP contribution is -2.33. The second-order valence-corrected chi connectivity index (χ2v) is 4.59. The van der Waals surface area contributed by atoms with Gasteiger partial charge in [0.05, 0.1) is 5.69 Å². The first-order valence-electron chi connectivity index (χ1n) is 5.68. The molecular weight excluding hydrogens is 226 g/mol. The highest BCUT2D eigenvalue weighted by molar-refractivity contribution is 6.30. The summed E-state index contributed by atoms with van der Waals surface area (Å²) in [6, 6.07) is 1.70. The molecule has 2 rings (SSSR count). The van der Waals surface area contributed by atoms with Gasteiger partial charge in [0.15, 0.2) is 0 Å². The number of hydrogen-bond donors (Lipinski definition) is 1. The molecule has 0 atom stereocenters. The quantitative estimate of drug-likeness (QED) is 0.856. The molecule has 1 N–H and O–H groups in total. The minimum absolute atomic E-state index is 0.239. The van der Waals surface area contributed by atoms with E-state index in [-0.39, 0.29) is 10.6 Å². The van der Waals surface area contributed by atoms with Crippen molar-refractivity contribution in [3.8, 4) is 0 Å². The average molecular weight is 242 g/mol. The highest BCUT2D eigenvalue weighted by Gasteiger charge is 2.21. The number of hydrogen-bond acceptors (Lipinski definition) is 3. The molecule has 2 heterocycles. The fourth-order valence-corrected chi connectivity index (χ4v) is 2.30. The molecule has 4 nitrogen and oxygen atoms in total. The molecule has 88 valence electrons.